The molecular weight excluding hydrogens is 336 g/mol. The molecule has 27 heavy (non-hydrogen) atoms. The molecule has 4 aromatic rings. The van der Waals surface area contributed by atoms with Crippen LogP contribution in [-0.2, 0) is 0 Å². The molecule has 4 aromatic carbocycles. The zero-order chi connectivity index (χ0) is 18.6. The summed E-state index contributed by atoms with van der Waals surface area (Å²) in [6, 6.07) is 28.1. The second-order valence-corrected chi connectivity index (χ2v) is 6.24. The van der Waals surface area contributed by atoms with Gasteiger partial charge in [-0.05, 0) is 46.8 Å². The van der Waals surface area contributed by atoms with Gasteiger partial charge >= 0.3 is 6.03 Å². The van der Waals surface area contributed by atoms with Crippen LogP contribution in [0.2, 0.25) is 0 Å². The van der Waals surface area contributed by atoms with E-state index in [1.165, 1.54) is 0 Å². The second-order valence-electron chi connectivity index (χ2n) is 6.24. The van der Waals surface area contributed by atoms with Gasteiger partial charge in [0.15, 0.2) is 0 Å². The van der Waals surface area contributed by atoms with Gasteiger partial charge in [0, 0.05) is 11.1 Å². The number of rotatable bonds is 3. The van der Waals surface area contributed by atoms with Crippen molar-refractivity contribution in [3.63, 3.8) is 0 Å². The van der Waals surface area contributed by atoms with Crippen LogP contribution in [0.25, 0.3) is 21.9 Å². The van der Waals surface area contributed by atoms with Crippen molar-refractivity contribution >= 4 is 28.2 Å². The summed E-state index contributed by atoms with van der Waals surface area (Å²) in [5.41, 5.74) is 3.46. The monoisotopic (exact) mass is 354 g/mol. The Balaban J connectivity index is 1.55. The smallest absolute Gasteiger partial charge is 0.323 e. The molecule has 3 N–H and O–H groups in total. The molecule has 0 saturated carbocycles. The Morgan fingerprint density at radius 1 is 0.704 bits per heavy atom. The molecule has 0 aliphatic rings. The van der Waals surface area contributed by atoms with Crippen molar-refractivity contribution < 1.29 is 9.90 Å². The summed E-state index contributed by atoms with van der Waals surface area (Å²) in [4.78, 5) is 12.5. The molecule has 0 aliphatic carbocycles. The standard InChI is InChI=1S/C23H18N2O2/c26-20-13-12-17-8-5-11-22(21(17)15-20)25-23(27)24-19-10-4-9-18(14-19)16-6-2-1-3-7-16/h1-15,26H,(H2,24,25,27). The molecule has 0 aromatic heterocycles. The third kappa shape index (κ3) is 3.75. The van der Waals surface area contributed by atoms with Gasteiger partial charge in [-0.3, -0.25) is 0 Å². The number of anilines is 2. The fourth-order valence-electron chi connectivity index (χ4n) is 3.06. The van der Waals surface area contributed by atoms with Gasteiger partial charge in [0.1, 0.15) is 5.75 Å². The van der Waals surface area contributed by atoms with Crippen LogP contribution in [0.1, 0.15) is 0 Å². The average Bonchev–Trinajstić information content (AvgIpc) is 2.69. The van der Waals surface area contributed by atoms with Crippen molar-refractivity contribution in [3.05, 3.63) is 91.0 Å². The minimum absolute atomic E-state index is 0.160. The molecule has 4 nitrogen and oxygen atoms in total. The molecule has 132 valence electrons. The normalized spacial score (nSPS) is 10.5. The lowest BCUT2D eigenvalue weighted by atomic mass is 10.1. The van der Waals surface area contributed by atoms with E-state index >= 15 is 0 Å². The summed E-state index contributed by atoms with van der Waals surface area (Å²) in [5.74, 6) is 0.160. The van der Waals surface area contributed by atoms with Crippen molar-refractivity contribution in [1.82, 2.24) is 0 Å². The Bertz CT molecular complexity index is 1110. The quantitative estimate of drug-likeness (QED) is 0.432. The van der Waals surface area contributed by atoms with E-state index in [-0.39, 0.29) is 11.8 Å². The number of amides is 2. The summed E-state index contributed by atoms with van der Waals surface area (Å²) in [5, 5.41) is 17.2. The molecule has 0 saturated heterocycles. The first-order chi connectivity index (χ1) is 13.2. The number of benzene rings is 4. The number of hydrogen-bond acceptors (Lipinski definition) is 2. The zero-order valence-corrected chi connectivity index (χ0v) is 14.5. The molecule has 4 rings (SSSR count). The van der Waals surface area contributed by atoms with Gasteiger partial charge in [-0.1, -0.05) is 60.7 Å². The number of carbonyl (C=O) groups excluding carboxylic acids is 1. The summed E-state index contributed by atoms with van der Waals surface area (Å²) >= 11 is 0. The fraction of sp³-hybridized carbons (Fsp3) is 0. The number of aromatic hydroxyl groups is 1. The number of phenols is 1. The Morgan fingerprint density at radius 2 is 1.48 bits per heavy atom. The van der Waals surface area contributed by atoms with E-state index in [1.54, 1.807) is 12.1 Å². The lowest BCUT2D eigenvalue weighted by Gasteiger charge is -2.11. The Labute approximate surface area is 157 Å². The molecule has 0 heterocycles. The Morgan fingerprint density at radius 3 is 2.33 bits per heavy atom. The first kappa shape index (κ1) is 16.7. The highest BCUT2D eigenvalue weighted by atomic mass is 16.3. The molecule has 4 heteroatoms. The second kappa shape index (κ2) is 7.22. The number of nitrogens with one attached hydrogen (secondary N) is 2. The highest BCUT2D eigenvalue weighted by Crippen LogP contribution is 2.27. The maximum atomic E-state index is 12.5. The van der Waals surface area contributed by atoms with E-state index in [1.807, 2.05) is 78.9 Å². The van der Waals surface area contributed by atoms with Crippen LogP contribution in [0, 0.1) is 0 Å². The van der Waals surface area contributed by atoms with Crippen LogP contribution in [0.4, 0.5) is 16.2 Å². The number of hydrogen-bond donors (Lipinski definition) is 3. The predicted molar refractivity (Wildman–Crippen MR) is 110 cm³/mol. The van der Waals surface area contributed by atoms with Crippen molar-refractivity contribution in [3.8, 4) is 16.9 Å². The van der Waals surface area contributed by atoms with Gasteiger partial charge in [0.25, 0.3) is 0 Å². The topological polar surface area (TPSA) is 61.4 Å². The van der Waals surface area contributed by atoms with Crippen molar-refractivity contribution in [2.45, 2.75) is 0 Å². The molecule has 0 radical (unpaired) electrons. The molecule has 0 atom stereocenters. The molecule has 0 aliphatic heterocycles. The van der Waals surface area contributed by atoms with Gasteiger partial charge in [0.2, 0.25) is 0 Å². The van der Waals surface area contributed by atoms with Crippen LogP contribution in [0.15, 0.2) is 91.0 Å². The summed E-state index contributed by atoms with van der Waals surface area (Å²) in [6.45, 7) is 0. The lowest BCUT2D eigenvalue weighted by molar-refractivity contribution is 0.262. The van der Waals surface area contributed by atoms with Crippen molar-refractivity contribution in [2.24, 2.45) is 0 Å². The first-order valence-electron chi connectivity index (χ1n) is 8.64. The highest BCUT2D eigenvalue weighted by Gasteiger charge is 2.07. The molecule has 0 bridgehead atoms. The van der Waals surface area contributed by atoms with Gasteiger partial charge in [0.05, 0.1) is 5.69 Å². The largest absolute Gasteiger partial charge is 0.508 e. The zero-order valence-electron chi connectivity index (χ0n) is 14.5. The SMILES string of the molecule is O=C(Nc1cccc(-c2ccccc2)c1)Nc1cccc2ccc(O)cc12. The van der Waals surface area contributed by atoms with Gasteiger partial charge in [-0.2, -0.15) is 0 Å². The van der Waals surface area contributed by atoms with Gasteiger partial charge in [-0.15, -0.1) is 0 Å². The van der Waals surface area contributed by atoms with Crippen molar-refractivity contribution in [1.29, 1.82) is 0 Å². The Hall–Kier alpha value is -3.79. The van der Waals surface area contributed by atoms with Crippen molar-refractivity contribution in [2.75, 3.05) is 10.6 Å². The summed E-state index contributed by atoms with van der Waals surface area (Å²) in [7, 11) is 0. The third-order valence-corrected chi connectivity index (χ3v) is 4.34. The Kier molecular flexibility index (Phi) is 4.45. The number of phenolic OH excluding ortho intramolecular Hbond substituents is 1. The van der Waals surface area contributed by atoms with Gasteiger partial charge < -0.3 is 15.7 Å². The van der Waals surface area contributed by atoms with Gasteiger partial charge in [-0.25, -0.2) is 4.79 Å². The van der Waals surface area contributed by atoms with Crippen LogP contribution in [-0.4, -0.2) is 11.1 Å². The van der Waals surface area contributed by atoms with Crippen LogP contribution >= 0.6 is 0 Å². The summed E-state index contributed by atoms with van der Waals surface area (Å²) < 4.78 is 0. The van der Waals surface area contributed by atoms with E-state index < -0.39 is 0 Å². The van der Waals surface area contributed by atoms with E-state index in [4.69, 9.17) is 0 Å². The van der Waals surface area contributed by atoms with Crippen LogP contribution in [0.5, 0.6) is 5.75 Å². The number of urea groups is 1. The predicted octanol–water partition coefficient (Wildman–Crippen LogP) is 5.86. The lowest BCUT2D eigenvalue weighted by Crippen LogP contribution is -2.19. The number of fused-ring (bicyclic) bond motifs is 1. The van der Waals surface area contributed by atoms with Crippen LogP contribution in [0.3, 0.4) is 0 Å². The number of carbonyl (C=O) groups is 1. The highest BCUT2D eigenvalue weighted by molar-refractivity contribution is 6.06. The maximum absolute atomic E-state index is 12.5. The molecule has 0 fully saturated rings. The molecule has 0 spiro atoms. The van der Waals surface area contributed by atoms with E-state index in [0.29, 0.717) is 11.4 Å². The van der Waals surface area contributed by atoms with E-state index in [9.17, 15) is 9.90 Å². The fourth-order valence-corrected chi connectivity index (χ4v) is 3.06. The molecule has 2 amide bonds. The summed E-state index contributed by atoms with van der Waals surface area (Å²) in [6.07, 6.45) is 0. The molecular formula is C23H18N2O2. The minimum Gasteiger partial charge on any atom is -0.508 e. The first-order valence-corrected chi connectivity index (χ1v) is 8.64. The third-order valence-electron chi connectivity index (χ3n) is 4.34. The minimum atomic E-state index is -0.337. The van der Waals surface area contributed by atoms with E-state index in [0.717, 1.165) is 21.9 Å². The maximum Gasteiger partial charge on any atom is 0.323 e. The van der Waals surface area contributed by atoms with Crippen LogP contribution < -0.4 is 10.6 Å². The van der Waals surface area contributed by atoms with E-state index in [2.05, 4.69) is 10.6 Å². The average molecular weight is 354 g/mol. The molecule has 0 unspecified atom stereocenters.